The number of amides is 4. The van der Waals surface area contributed by atoms with E-state index in [1.165, 1.54) is 14.2 Å². The normalized spacial score (nSPS) is 19.9. The van der Waals surface area contributed by atoms with Crippen molar-refractivity contribution in [3.63, 3.8) is 0 Å². The molecule has 0 bridgehead atoms. The molecule has 15 heteroatoms. The number of methoxy groups -OCH3 is 2. The lowest BCUT2D eigenvalue weighted by atomic mass is 9.99. The monoisotopic (exact) mass is 792 g/mol. The van der Waals surface area contributed by atoms with Gasteiger partial charge in [0.25, 0.3) is 0 Å². The molecule has 1 unspecified atom stereocenters. The number of likely N-dealkylation sites (tertiary alicyclic amines) is 1. The van der Waals surface area contributed by atoms with Crippen LogP contribution in [0.2, 0.25) is 0 Å². The van der Waals surface area contributed by atoms with E-state index in [-0.39, 0.29) is 23.8 Å². The predicted octanol–water partition coefficient (Wildman–Crippen LogP) is 6.68. The fraction of sp³-hybridized carbons (Fsp3) is 0.442. The van der Waals surface area contributed by atoms with Crippen molar-refractivity contribution >= 4 is 45.8 Å². The summed E-state index contributed by atoms with van der Waals surface area (Å²) in [6, 6.07) is 16.6. The van der Waals surface area contributed by atoms with E-state index in [1.54, 1.807) is 6.20 Å². The lowest BCUT2D eigenvalue weighted by Gasteiger charge is -2.29. The van der Waals surface area contributed by atoms with Gasteiger partial charge in [0.2, 0.25) is 11.8 Å². The van der Waals surface area contributed by atoms with Crippen molar-refractivity contribution in [2.75, 3.05) is 34.0 Å². The molecule has 4 amide bonds. The van der Waals surface area contributed by atoms with Crippen LogP contribution in [-0.4, -0.2) is 94.9 Å². The van der Waals surface area contributed by atoms with Crippen LogP contribution in [0, 0.1) is 5.92 Å². The van der Waals surface area contributed by atoms with Gasteiger partial charge in [0, 0.05) is 25.3 Å². The van der Waals surface area contributed by atoms with Crippen LogP contribution in [0.3, 0.4) is 0 Å². The van der Waals surface area contributed by atoms with Crippen LogP contribution in [0.5, 0.6) is 0 Å². The molecule has 58 heavy (non-hydrogen) atoms. The third kappa shape index (κ3) is 9.09. The van der Waals surface area contributed by atoms with Gasteiger partial charge in [-0.3, -0.25) is 9.59 Å². The molecule has 2 aliphatic rings. The number of alkyl carbamates (subject to hydrolysis) is 2. The predicted molar refractivity (Wildman–Crippen MR) is 219 cm³/mol. The Hall–Kier alpha value is -5.96. The highest BCUT2D eigenvalue weighted by Crippen LogP contribution is 2.35. The first kappa shape index (κ1) is 40.2. The number of nitrogens with one attached hydrogen (secondary N) is 5. The molecule has 7 rings (SSSR count). The quantitative estimate of drug-likeness (QED) is 0.114. The zero-order valence-electron chi connectivity index (χ0n) is 33.4. The van der Waals surface area contributed by atoms with Crippen LogP contribution in [-0.2, 0) is 23.8 Å². The fourth-order valence-electron chi connectivity index (χ4n) is 7.87. The van der Waals surface area contributed by atoms with E-state index >= 15 is 0 Å². The Bertz CT molecular complexity index is 2270. The van der Waals surface area contributed by atoms with Gasteiger partial charge >= 0.3 is 12.2 Å². The fourth-order valence-corrected chi connectivity index (χ4v) is 7.87. The largest absolute Gasteiger partial charge is 0.453 e. The van der Waals surface area contributed by atoms with E-state index in [1.807, 2.05) is 30.9 Å². The minimum Gasteiger partial charge on any atom is -0.453 e. The Morgan fingerprint density at radius 3 is 2.38 bits per heavy atom. The second-order valence-electron chi connectivity index (χ2n) is 15.4. The Morgan fingerprint density at radius 1 is 0.828 bits per heavy atom. The number of rotatable bonds is 8. The maximum atomic E-state index is 13.7. The van der Waals surface area contributed by atoms with Crippen molar-refractivity contribution < 1.29 is 33.4 Å². The van der Waals surface area contributed by atoms with E-state index in [0.717, 1.165) is 82.1 Å². The van der Waals surface area contributed by atoms with Crippen molar-refractivity contribution in [1.82, 2.24) is 40.8 Å². The summed E-state index contributed by atoms with van der Waals surface area (Å²) in [5.74, 6) is 0.767. The molecule has 5 N–H and O–H groups in total. The summed E-state index contributed by atoms with van der Waals surface area (Å²) in [6.07, 6.45) is 5.66. The molecule has 4 heterocycles. The van der Waals surface area contributed by atoms with E-state index in [9.17, 15) is 19.2 Å². The third-order valence-corrected chi connectivity index (χ3v) is 11.1. The van der Waals surface area contributed by atoms with Crippen LogP contribution in [0.25, 0.3) is 44.2 Å². The zero-order chi connectivity index (χ0) is 40.8. The summed E-state index contributed by atoms with van der Waals surface area (Å²) in [5, 5.41) is 10.6. The highest BCUT2D eigenvalue weighted by Gasteiger charge is 2.37. The first-order chi connectivity index (χ1) is 28.1. The van der Waals surface area contributed by atoms with E-state index in [2.05, 4.69) is 73.4 Å². The molecule has 0 spiro atoms. The number of hydrogen-bond acceptors (Lipinski definition) is 9. The third-order valence-electron chi connectivity index (χ3n) is 11.1. The second kappa shape index (κ2) is 18.1. The van der Waals surface area contributed by atoms with Crippen molar-refractivity contribution in [2.24, 2.45) is 5.92 Å². The van der Waals surface area contributed by atoms with E-state index in [0.29, 0.717) is 38.4 Å². The number of hydrogen-bond donors (Lipinski definition) is 5. The SMILES string of the molecule is COC(=O)N[C@H]1CCCCCOCC[C@@H](c2ncc(-c3ccc4ccc(-c5ccc6nc(C7CCCN7C(=O)[C@@H](NC(=O)OC)C(C)C)[nH]c6c5)cc4c3)[nH]2)NC1=O. The van der Waals surface area contributed by atoms with Gasteiger partial charge in [-0.25, -0.2) is 19.6 Å². The van der Waals surface area contributed by atoms with Crippen LogP contribution < -0.4 is 16.0 Å². The lowest BCUT2D eigenvalue weighted by molar-refractivity contribution is -0.135. The summed E-state index contributed by atoms with van der Waals surface area (Å²) in [7, 11) is 2.57. The number of carbonyl (C=O) groups excluding carboxylic acids is 4. The van der Waals surface area contributed by atoms with Gasteiger partial charge in [0.15, 0.2) is 0 Å². The van der Waals surface area contributed by atoms with Crippen molar-refractivity contribution in [1.29, 1.82) is 0 Å². The second-order valence-corrected chi connectivity index (χ2v) is 15.4. The minimum atomic E-state index is -0.718. The average molecular weight is 793 g/mol. The standard InChI is InChI=1S/C43H52N8O7/c1-25(2)37(50-43(55)57-4)41(53)51-18-8-10-36(51)39-45-31-16-15-28(23-34(31)46-39)27-13-11-26-12-14-29(22-30(26)21-27)35-24-44-38(47-35)32-17-20-58-19-7-5-6-9-33(40(52)48-32)49-42(54)56-3/h11-16,21-25,32-33,36-37H,5-10,17-20H2,1-4H3,(H,44,47)(H,45,46)(H,48,52)(H,49,54)(H,50,55)/t32-,33-,36?,37-/m0/s1. The molecule has 306 valence electrons. The number of ether oxygens (including phenoxy) is 3. The summed E-state index contributed by atoms with van der Waals surface area (Å²) >= 11 is 0. The van der Waals surface area contributed by atoms with Crippen molar-refractivity contribution in [3.8, 4) is 22.4 Å². The number of benzene rings is 3. The molecule has 5 aromatic rings. The molecule has 2 aliphatic heterocycles. The Balaban J connectivity index is 1.10. The summed E-state index contributed by atoms with van der Waals surface area (Å²) in [6.45, 7) is 5.47. The summed E-state index contributed by atoms with van der Waals surface area (Å²) in [4.78, 5) is 69.4. The molecule has 15 nitrogen and oxygen atoms in total. The average Bonchev–Trinajstić information content (AvgIpc) is 4.01. The number of imidazole rings is 2. The topological polar surface area (TPSA) is 193 Å². The van der Waals surface area contributed by atoms with Crippen LogP contribution in [0.15, 0.2) is 60.8 Å². The van der Waals surface area contributed by atoms with Gasteiger partial charge in [-0.1, -0.05) is 57.0 Å². The Labute approximate surface area is 337 Å². The summed E-state index contributed by atoms with van der Waals surface area (Å²) < 4.78 is 15.4. The number of aromatic amines is 2. The molecule has 3 aromatic carbocycles. The maximum absolute atomic E-state index is 13.7. The van der Waals surface area contributed by atoms with Crippen molar-refractivity contribution in [2.45, 2.75) is 83.0 Å². The molecule has 2 aromatic heterocycles. The van der Waals surface area contributed by atoms with Gasteiger partial charge in [0.1, 0.15) is 23.7 Å². The Kier molecular flexibility index (Phi) is 12.6. The molecule has 2 fully saturated rings. The van der Waals surface area contributed by atoms with Crippen molar-refractivity contribution in [3.05, 3.63) is 72.4 Å². The zero-order valence-corrected chi connectivity index (χ0v) is 33.4. The molecule has 4 atom stereocenters. The number of nitrogens with zero attached hydrogens (tertiary/aromatic N) is 3. The molecule has 0 saturated carbocycles. The van der Waals surface area contributed by atoms with Gasteiger partial charge in [-0.05, 0) is 84.2 Å². The molecule has 0 radical (unpaired) electrons. The van der Waals surface area contributed by atoms with Crippen LogP contribution in [0.1, 0.15) is 82.5 Å². The van der Waals surface area contributed by atoms with Gasteiger partial charge in [-0.15, -0.1) is 0 Å². The van der Waals surface area contributed by atoms with E-state index < -0.39 is 30.3 Å². The molecule has 0 aliphatic carbocycles. The Morgan fingerprint density at radius 2 is 1.59 bits per heavy atom. The van der Waals surface area contributed by atoms with Crippen LogP contribution >= 0.6 is 0 Å². The number of H-pyrrole nitrogens is 2. The van der Waals surface area contributed by atoms with Gasteiger partial charge in [0.05, 0.1) is 49.2 Å². The van der Waals surface area contributed by atoms with E-state index in [4.69, 9.17) is 19.2 Å². The number of carbonyl (C=O) groups is 4. The molecule has 2 saturated heterocycles. The molecular formula is C43H52N8O7. The minimum absolute atomic E-state index is 0.117. The maximum Gasteiger partial charge on any atom is 0.407 e. The van der Waals surface area contributed by atoms with Gasteiger partial charge in [-0.2, -0.15) is 0 Å². The number of fused-ring (bicyclic) bond motifs is 2. The first-order valence-corrected chi connectivity index (χ1v) is 20.1. The number of aromatic nitrogens is 4. The lowest BCUT2D eigenvalue weighted by Crippen LogP contribution is -2.51. The summed E-state index contributed by atoms with van der Waals surface area (Å²) in [5.41, 5.74) is 5.47. The first-order valence-electron chi connectivity index (χ1n) is 20.1. The smallest absolute Gasteiger partial charge is 0.407 e. The highest BCUT2D eigenvalue weighted by atomic mass is 16.5. The molecular weight excluding hydrogens is 741 g/mol. The van der Waals surface area contributed by atoms with Crippen LogP contribution in [0.4, 0.5) is 9.59 Å². The van der Waals surface area contributed by atoms with Gasteiger partial charge < -0.3 is 45.0 Å². The highest BCUT2D eigenvalue weighted by molar-refractivity contribution is 5.92.